The first-order valence-electron chi connectivity index (χ1n) is 8.43. The van der Waals surface area contributed by atoms with Gasteiger partial charge in [0.2, 0.25) is 10.0 Å². The molecule has 1 fully saturated rings. The zero-order valence-electron chi connectivity index (χ0n) is 14.1. The summed E-state index contributed by atoms with van der Waals surface area (Å²) in [5, 5.41) is 0.271. The van der Waals surface area contributed by atoms with Crippen LogP contribution in [0.1, 0.15) is 18.7 Å². The van der Waals surface area contributed by atoms with Crippen molar-refractivity contribution in [3.05, 3.63) is 47.5 Å². The number of imidazole rings is 1. The molecule has 1 aromatic heterocycles. The van der Waals surface area contributed by atoms with Gasteiger partial charge in [0, 0.05) is 38.6 Å². The van der Waals surface area contributed by atoms with E-state index in [0.29, 0.717) is 13.1 Å². The number of fused-ring (bicyclic) bond motifs is 2. The Labute approximate surface area is 153 Å². The molecular formula is C17H21ClN4O2S. The molecule has 1 spiro atoms. The van der Waals surface area contributed by atoms with E-state index in [-0.39, 0.29) is 15.5 Å². The smallest absolute Gasteiger partial charge is 0.244 e. The maximum absolute atomic E-state index is 13.0. The van der Waals surface area contributed by atoms with E-state index in [2.05, 4.69) is 21.5 Å². The molecule has 0 amide bonds. The second kappa shape index (κ2) is 6.09. The lowest BCUT2D eigenvalue weighted by Gasteiger charge is -2.49. The summed E-state index contributed by atoms with van der Waals surface area (Å²) in [5.41, 5.74) is -0.186. The fourth-order valence-corrected chi connectivity index (χ4v) is 5.97. The van der Waals surface area contributed by atoms with Gasteiger partial charge in [-0.3, -0.25) is 4.90 Å². The molecule has 3 heterocycles. The first-order chi connectivity index (χ1) is 11.9. The number of sulfonamides is 1. The number of benzene rings is 1. The number of likely N-dealkylation sites (N-methyl/N-ethyl adjacent to an activating group) is 1. The molecule has 0 bridgehead atoms. The molecule has 2 aliphatic rings. The van der Waals surface area contributed by atoms with Crippen molar-refractivity contribution in [3.63, 3.8) is 0 Å². The highest BCUT2D eigenvalue weighted by Gasteiger charge is 2.46. The largest absolute Gasteiger partial charge is 0.332 e. The lowest BCUT2D eigenvalue weighted by Crippen LogP contribution is -2.56. The zero-order valence-corrected chi connectivity index (χ0v) is 15.7. The van der Waals surface area contributed by atoms with Gasteiger partial charge in [0.25, 0.3) is 0 Å². The summed E-state index contributed by atoms with van der Waals surface area (Å²) >= 11 is 6.12. The number of rotatable bonds is 2. The van der Waals surface area contributed by atoms with Gasteiger partial charge < -0.3 is 4.57 Å². The average molecular weight is 381 g/mol. The standard InChI is InChI=1S/C17H21ClN4O2S/c1-20-12-13-21-11-8-19-16(21)17(20)6-9-22(10-7-17)25(23,24)15-5-3-2-4-14(15)18/h2-5,8,11H,6-7,9-10,12-13H2,1H3. The third kappa shape index (κ3) is 2.61. The molecule has 1 saturated heterocycles. The normalized spacial score (nSPS) is 21.4. The Morgan fingerprint density at radius 2 is 1.84 bits per heavy atom. The summed E-state index contributed by atoms with van der Waals surface area (Å²) in [6.07, 6.45) is 5.30. The van der Waals surface area contributed by atoms with Crippen LogP contribution in [0.5, 0.6) is 0 Å². The molecule has 4 rings (SSSR count). The third-order valence-corrected chi connectivity index (χ3v) is 7.94. The van der Waals surface area contributed by atoms with Crippen LogP contribution in [0.2, 0.25) is 5.02 Å². The summed E-state index contributed by atoms with van der Waals surface area (Å²) in [7, 11) is -1.47. The molecular weight excluding hydrogens is 360 g/mol. The second-order valence-electron chi connectivity index (χ2n) is 6.73. The molecule has 6 nitrogen and oxygen atoms in total. The van der Waals surface area contributed by atoms with Crippen molar-refractivity contribution >= 4 is 21.6 Å². The lowest BCUT2D eigenvalue weighted by atomic mass is 9.84. The Balaban J connectivity index is 1.61. The Bertz CT molecular complexity index is 888. The molecule has 0 atom stereocenters. The predicted molar refractivity (Wildman–Crippen MR) is 96.0 cm³/mol. The van der Waals surface area contributed by atoms with Crippen LogP contribution in [0.15, 0.2) is 41.6 Å². The molecule has 0 saturated carbocycles. The van der Waals surface area contributed by atoms with Gasteiger partial charge in [0.15, 0.2) is 0 Å². The van der Waals surface area contributed by atoms with E-state index in [1.54, 1.807) is 28.6 Å². The predicted octanol–water partition coefficient (Wildman–Crippen LogP) is 2.16. The Morgan fingerprint density at radius 3 is 2.56 bits per heavy atom. The summed E-state index contributed by atoms with van der Waals surface area (Å²) in [6.45, 7) is 2.80. The average Bonchev–Trinajstić information content (AvgIpc) is 3.09. The summed E-state index contributed by atoms with van der Waals surface area (Å²) in [4.78, 5) is 7.09. The molecule has 0 N–H and O–H groups in total. The van der Waals surface area contributed by atoms with Gasteiger partial charge in [0.1, 0.15) is 10.7 Å². The quantitative estimate of drug-likeness (QED) is 0.801. The molecule has 0 unspecified atom stereocenters. The molecule has 0 radical (unpaired) electrons. The maximum atomic E-state index is 13.0. The molecule has 2 aliphatic heterocycles. The van der Waals surface area contributed by atoms with Crippen LogP contribution >= 0.6 is 11.6 Å². The maximum Gasteiger partial charge on any atom is 0.244 e. The SMILES string of the molecule is CN1CCn2ccnc2C12CCN(S(=O)(=O)c1ccccc1Cl)CC2. The molecule has 8 heteroatoms. The summed E-state index contributed by atoms with van der Waals surface area (Å²) in [6, 6.07) is 6.63. The molecule has 1 aromatic carbocycles. The first-order valence-corrected chi connectivity index (χ1v) is 10.2. The van der Waals surface area contributed by atoms with Crippen LogP contribution in [0, 0.1) is 0 Å². The third-order valence-electron chi connectivity index (χ3n) is 5.54. The Kier molecular flexibility index (Phi) is 4.15. The highest BCUT2D eigenvalue weighted by molar-refractivity contribution is 7.89. The summed E-state index contributed by atoms with van der Waals surface area (Å²) in [5.74, 6) is 1.05. The number of hydrogen-bond donors (Lipinski definition) is 0. The van der Waals surface area contributed by atoms with E-state index in [0.717, 1.165) is 31.8 Å². The minimum absolute atomic E-state index is 0.186. The van der Waals surface area contributed by atoms with Gasteiger partial charge >= 0.3 is 0 Å². The van der Waals surface area contributed by atoms with Gasteiger partial charge in [-0.05, 0) is 32.0 Å². The van der Waals surface area contributed by atoms with E-state index < -0.39 is 10.0 Å². The van der Waals surface area contributed by atoms with Crippen LogP contribution in [-0.4, -0.2) is 53.9 Å². The van der Waals surface area contributed by atoms with Crippen molar-refractivity contribution in [1.82, 2.24) is 18.8 Å². The minimum Gasteiger partial charge on any atom is -0.332 e. The highest BCUT2D eigenvalue weighted by Crippen LogP contribution is 2.40. The van der Waals surface area contributed by atoms with Crippen LogP contribution in [0.4, 0.5) is 0 Å². The van der Waals surface area contributed by atoms with Crippen molar-refractivity contribution in [2.75, 3.05) is 26.7 Å². The van der Waals surface area contributed by atoms with E-state index in [1.165, 1.54) is 0 Å². The van der Waals surface area contributed by atoms with E-state index in [1.807, 2.05) is 12.4 Å². The van der Waals surface area contributed by atoms with Gasteiger partial charge in [0.05, 0.1) is 10.6 Å². The van der Waals surface area contributed by atoms with Crippen molar-refractivity contribution in [2.45, 2.75) is 29.8 Å². The molecule has 25 heavy (non-hydrogen) atoms. The van der Waals surface area contributed by atoms with Gasteiger partial charge in [-0.15, -0.1) is 0 Å². The molecule has 0 aliphatic carbocycles. The fourth-order valence-electron chi connectivity index (χ4n) is 4.03. The van der Waals surface area contributed by atoms with E-state index in [9.17, 15) is 8.42 Å². The van der Waals surface area contributed by atoms with Crippen molar-refractivity contribution in [1.29, 1.82) is 0 Å². The van der Waals surface area contributed by atoms with Gasteiger partial charge in [-0.25, -0.2) is 13.4 Å². The molecule has 2 aromatic rings. The monoisotopic (exact) mass is 380 g/mol. The first kappa shape index (κ1) is 17.0. The second-order valence-corrected chi connectivity index (χ2v) is 9.05. The van der Waals surface area contributed by atoms with Crippen molar-refractivity contribution in [2.24, 2.45) is 0 Å². The zero-order chi connectivity index (χ0) is 17.7. The topological polar surface area (TPSA) is 58.4 Å². The van der Waals surface area contributed by atoms with Gasteiger partial charge in [-0.2, -0.15) is 4.31 Å². The van der Waals surface area contributed by atoms with Crippen molar-refractivity contribution in [3.8, 4) is 0 Å². The highest BCUT2D eigenvalue weighted by atomic mass is 35.5. The van der Waals surface area contributed by atoms with E-state index >= 15 is 0 Å². The number of halogens is 1. The van der Waals surface area contributed by atoms with Crippen molar-refractivity contribution < 1.29 is 8.42 Å². The summed E-state index contributed by atoms with van der Waals surface area (Å²) < 4.78 is 29.7. The lowest BCUT2D eigenvalue weighted by molar-refractivity contribution is 0.0271. The Hall–Kier alpha value is -1.41. The van der Waals surface area contributed by atoms with E-state index in [4.69, 9.17) is 11.6 Å². The number of piperidine rings is 1. The molecule has 134 valence electrons. The van der Waals surface area contributed by atoms with Crippen LogP contribution in [0.25, 0.3) is 0 Å². The number of hydrogen-bond acceptors (Lipinski definition) is 4. The number of nitrogens with zero attached hydrogens (tertiary/aromatic N) is 4. The van der Waals surface area contributed by atoms with Crippen LogP contribution in [-0.2, 0) is 22.1 Å². The minimum atomic E-state index is -3.57. The van der Waals surface area contributed by atoms with Crippen LogP contribution < -0.4 is 0 Å². The Morgan fingerprint density at radius 1 is 1.12 bits per heavy atom. The van der Waals surface area contributed by atoms with Gasteiger partial charge in [-0.1, -0.05) is 23.7 Å². The fraction of sp³-hybridized carbons (Fsp3) is 0.471. The van der Waals surface area contributed by atoms with Crippen LogP contribution in [0.3, 0.4) is 0 Å². The number of aromatic nitrogens is 2.